The van der Waals surface area contributed by atoms with Gasteiger partial charge in [-0.05, 0) is 49.5 Å². The fourth-order valence-corrected chi connectivity index (χ4v) is 4.05. The molecule has 3 heterocycles. The molecule has 1 N–H and O–H groups in total. The molecule has 0 amide bonds. The highest BCUT2D eigenvalue weighted by Crippen LogP contribution is 2.30. The number of carbonyl (C=O) groups is 1. The highest BCUT2D eigenvalue weighted by Gasteiger charge is 2.37. The van der Waals surface area contributed by atoms with E-state index in [9.17, 15) is 4.79 Å². The van der Waals surface area contributed by atoms with E-state index in [4.69, 9.17) is 4.74 Å². The van der Waals surface area contributed by atoms with Crippen molar-refractivity contribution in [3.05, 3.63) is 66.2 Å². The monoisotopic (exact) mass is 350 g/mol. The van der Waals surface area contributed by atoms with E-state index in [1.807, 2.05) is 48.5 Å². The van der Waals surface area contributed by atoms with Gasteiger partial charge in [-0.25, -0.2) is 4.79 Å². The first-order valence-corrected chi connectivity index (χ1v) is 9.56. The molecular weight excluding hydrogens is 324 g/mol. The Morgan fingerprint density at radius 2 is 1.69 bits per heavy atom. The number of hydrogen-bond acceptors (Lipinski definition) is 4. The zero-order chi connectivity index (χ0) is 17.8. The number of esters is 1. The number of ether oxygens (including phenoxy) is 1. The largest absolute Gasteiger partial charge is 0.459 e. The van der Waals surface area contributed by atoms with Gasteiger partial charge in [-0.2, -0.15) is 0 Å². The van der Waals surface area contributed by atoms with Crippen molar-refractivity contribution in [3.8, 4) is 0 Å². The van der Waals surface area contributed by atoms with Gasteiger partial charge in [0.15, 0.2) is 0 Å². The first-order valence-electron chi connectivity index (χ1n) is 9.56. The summed E-state index contributed by atoms with van der Waals surface area (Å²) in [6.07, 6.45) is 2.96. The van der Waals surface area contributed by atoms with Gasteiger partial charge in [-0.15, -0.1) is 0 Å². The third kappa shape index (κ3) is 4.07. The van der Waals surface area contributed by atoms with E-state index in [0.717, 1.165) is 43.7 Å². The second-order valence-corrected chi connectivity index (χ2v) is 7.37. The van der Waals surface area contributed by atoms with Crippen molar-refractivity contribution in [1.82, 2.24) is 4.90 Å². The van der Waals surface area contributed by atoms with Crippen LogP contribution in [0.2, 0.25) is 0 Å². The lowest BCUT2D eigenvalue weighted by molar-refractivity contribution is -0.159. The molecule has 2 atom stereocenters. The quantitative estimate of drug-likeness (QED) is 0.812. The Morgan fingerprint density at radius 1 is 1.04 bits per heavy atom. The van der Waals surface area contributed by atoms with Crippen LogP contribution < -0.4 is 5.32 Å². The number of nitrogens with one attached hydrogen (secondary N) is 1. The van der Waals surface area contributed by atoms with Crippen LogP contribution in [-0.4, -0.2) is 42.6 Å². The Kier molecular flexibility index (Phi) is 5.21. The SMILES string of the molecule is O=C(OC1CN2CCC1CC2)[C@@H](Cc1ccccc1)Nc1ccccc1. The lowest BCUT2D eigenvalue weighted by Crippen LogP contribution is -2.53. The molecule has 3 aliphatic heterocycles. The van der Waals surface area contributed by atoms with Crippen molar-refractivity contribution < 1.29 is 9.53 Å². The zero-order valence-electron chi connectivity index (χ0n) is 15.0. The van der Waals surface area contributed by atoms with Crippen molar-refractivity contribution >= 4 is 11.7 Å². The zero-order valence-corrected chi connectivity index (χ0v) is 15.0. The minimum absolute atomic E-state index is 0.0425. The molecule has 1 unspecified atom stereocenters. The maximum Gasteiger partial charge on any atom is 0.329 e. The van der Waals surface area contributed by atoms with Crippen LogP contribution in [0.25, 0.3) is 0 Å². The van der Waals surface area contributed by atoms with Crippen LogP contribution in [0.3, 0.4) is 0 Å². The number of para-hydroxylation sites is 1. The molecule has 3 saturated heterocycles. The van der Waals surface area contributed by atoms with Gasteiger partial charge in [-0.1, -0.05) is 48.5 Å². The van der Waals surface area contributed by atoms with Gasteiger partial charge in [0.2, 0.25) is 0 Å². The average Bonchev–Trinajstić information content (AvgIpc) is 2.70. The first-order chi connectivity index (χ1) is 12.8. The van der Waals surface area contributed by atoms with E-state index in [1.165, 1.54) is 0 Å². The summed E-state index contributed by atoms with van der Waals surface area (Å²) in [5, 5.41) is 3.37. The second kappa shape index (κ2) is 7.92. The van der Waals surface area contributed by atoms with E-state index >= 15 is 0 Å². The molecule has 2 aromatic rings. The number of carbonyl (C=O) groups excluding carboxylic acids is 1. The van der Waals surface area contributed by atoms with Crippen LogP contribution in [0.15, 0.2) is 60.7 Å². The van der Waals surface area contributed by atoms with Crippen LogP contribution in [0.5, 0.6) is 0 Å². The number of fused-ring (bicyclic) bond motifs is 3. The van der Waals surface area contributed by atoms with E-state index in [-0.39, 0.29) is 18.1 Å². The van der Waals surface area contributed by atoms with Crippen LogP contribution in [-0.2, 0) is 16.0 Å². The Balaban J connectivity index is 1.46. The summed E-state index contributed by atoms with van der Waals surface area (Å²) in [7, 11) is 0. The van der Waals surface area contributed by atoms with E-state index < -0.39 is 0 Å². The van der Waals surface area contributed by atoms with Crippen molar-refractivity contribution in [2.24, 2.45) is 5.92 Å². The number of nitrogens with zero attached hydrogens (tertiary/aromatic N) is 1. The van der Waals surface area contributed by atoms with Crippen LogP contribution in [0.4, 0.5) is 5.69 Å². The van der Waals surface area contributed by atoms with Crippen LogP contribution in [0, 0.1) is 5.92 Å². The summed E-state index contributed by atoms with van der Waals surface area (Å²) < 4.78 is 5.99. The molecule has 5 rings (SSSR count). The van der Waals surface area contributed by atoms with Gasteiger partial charge >= 0.3 is 5.97 Å². The number of hydrogen-bond donors (Lipinski definition) is 1. The predicted octanol–water partition coefficient (Wildman–Crippen LogP) is 3.35. The molecule has 0 aromatic heterocycles. The molecule has 2 aromatic carbocycles. The molecule has 4 heteroatoms. The second-order valence-electron chi connectivity index (χ2n) is 7.37. The summed E-state index contributed by atoms with van der Waals surface area (Å²) >= 11 is 0. The Labute approximate surface area is 155 Å². The van der Waals surface area contributed by atoms with Crippen molar-refractivity contribution in [2.45, 2.75) is 31.4 Å². The van der Waals surface area contributed by atoms with Gasteiger partial charge in [0, 0.05) is 18.7 Å². The fraction of sp³-hybridized carbons (Fsp3) is 0.409. The summed E-state index contributed by atoms with van der Waals surface area (Å²) in [6, 6.07) is 19.6. The maximum atomic E-state index is 13.0. The predicted molar refractivity (Wildman–Crippen MR) is 103 cm³/mol. The minimum Gasteiger partial charge on any atom is -0.459 e. The van der Waals surface area contributed by atoms with Gasteiger partial charge in [-0.3, -0.25) is 4.90 Å². The third-order valence-corrected chi connectivity index (χ3v) is 5.55. The molecule has 136 valence electrons. The Morgan fingerprint density at radius 3 is 2.31 bits per heavy atom. The standard InChI is InChI=1S/C22H26N2O2/c25-22(26-21-16-24-13-11-18(21)12-14-24)20(15-17-7-3-1-4-8-17)23-19-9-5-2-6-10-19/h1-10,18,20-21,23H,11-16H2/t20-,21?/m1/s1. The number of rotatable bonds is 6. The highest BCUT2D eigenvalue weighted by molar-refractivity contribution is 5.80. The third-order valence-electron chi connectivity index (χ3n) is 5.55. The van der Waals surface area contributed by atoms with Crippen molar-refractivity contribution in [1.29, 1.82) is 0 Å². The van der Waals surface area contributed by atoms with Crippen LogP contribution >= 0.6 is 0 Å². The van der Waals surface area contributed by atoms with Gasteiger partial charge in [0.05, 0.1) is 0 Å². The summed E-state index contributed by atoms with van der Waals surface area (Å²) in [6.45, 7) is 3.18. The van der Waals surface area contributed by atoms with Gasteiger partial charge < -0.3 is 10.1 Å². The molecule has 0 spiro atoms. The molecule has 0 saturated carbocycles. The summed E-state index contributed by atoms with van der Waals surface area (Å²) in [4.78, 5) is 15.4. The maximum absolute atomic E-state index is 13.0. The van der Waals surface area contributed by atoms with Gasteiger partial charge in [0.25, 0.3) is 0 Å². The molecular formula is C22H26N2O2. The normalized spacial score (nSPS) is 25.5. The smallest absolute Gasteiger partial charge is 0.329 e. The van der Waals surface area contributed by atoms with Crippen LogP contribution in [0.1, 0.15) is 18.4 Å². The van der Waals surface area contributed by atoms with E-state index in [2.05, 4.69) is 22.3 Å². The Bertz CT molecular complexity index is 670. The summed E-state index contributed by atoms with van der Waals surface area (Å²) in [5.74, 6) is 0.384. The number of benzene rings is 2. The topological polar surface area (TPSA) is 41.6 Å². The molecule has 0 aliphatic carbocycles. The fourth-order valence-electron chi connectivity index (χ4n) is 4.05. The molecule has 26 heavy (non-hydrogen) atoms. The molecule has 2 bridgehead atoms. The number of anilines is 1. The Hall–Kier alpha value is -2.33. The summed E-state index contributed by atoms with van der Waals surface area (Å²) in [5.41, 5.74) is 2.08. The number of piperidine rings is 3. The molecule has 0 radical (unpaired) electrons. The van der Waals surface area contributed by atoms with Gasteiger partial charge in [0.1, 0.15) is 12.1 Å². The van der Waals surface area contributed by atoms with Crippen molar-refractivity contribution in [3.63, 3.8) is 0 Å². The van der Waals surface area contributed by atoms with E-state index in [1.54, 1.807) is 0 Å². The molecule has 4 nitrogen and oxygen atoms in total. The first kappa shape index (κ1) is 17.1. The van der Waals surface area contributed by atoms with E-state index in [0.29, 0.717) is 12.3 Å². The lowest BCUT2D eigenvalue weighted by Gasteiger charge is -2.44. The minimum atomic E-state index is -0.379. The highest BCUT2D eigenvalue weighted by atomic mass is 16.5. The molecule has 3 aliphatic rings. The average molecular weight is 350 g/mol. The molecule has 3 fully saturated rings. The van der Waals surface area contributed by atoms with Crippen molar-refractivity contribution in [2.75, 3.05) is 25.0 Å². The lowest BCUT2D eigenvalue weighted by atomic mass is 9.86.